The average Bonchev–Trinajstić information content (AvgIpc) is 2.47. The fraction of sp³-hybridized carbons (Fsp3) is 0.364. The Balaban J connectivity index is 2.76. The molecule has 0 fully saturated rings. The lowest BCUT2D eigenvalue weighted by atomic mass is 10.2. The summed E-state index contributed by atoms with van der Waals surface area (Å²) in [5.74, 6) is 1.07. The van der Waals surface area contributed by atoms with E-state index in [0.29, 0.717) is 21.8 Å². The Bertz CT molecular complexity index is 541. The van der Waals surface area contributed by atoms with Gasteiger partial charge in [0.05, 0.1) is 25.5 Å². The van der Waals surface area contributed by atoms with Crippen molar-refractivity contribution >= 4 is 6.20 Å². The molecule has 0 saturated carbocycles. The quantitative estimate of drug-likeness (QED) is 0.635. The molecule has 1 aromatic carbocycles. The first-order valence-corrected chi connectivity index (χ1v) is 5.07. The SMILES string of the molecule is COc1cc2c(cc1OC)=[N+]([O-])OCN(C)C=2. The third-order valence-electron chi connectivity index (χ3n) is 2.47. The summed E-state index contributed by atoms with van der Waals surface area (Å²) < 4.78 is 10.3. The lowest BCUT2D eigenvalue weighted by Gasteiger charge is -2.12. The van der Waals surface area contributed by atoms with Crippen LogP contribution in [0.5, 0.6) is 11.5 Å². The van der Waals surface area contributed by atoms with Crippen LogP contribution in [0.1, 0.15) is 0 Å². The summed E-state index contributed by atoms with van der Waals surface area (Å²) >= 11 is 0. The number of ether oxygens (including phenoxy) is 2. The van der Waals surface area contributed by atoms with Gasteiger partial charge in [-0.15, -0.1) is 0 Å². The van der Waals surface area contributed by atoms with Gasteiger partial charge in [0.1, 0.15) is 6.73 Å². The van der Waals surface area contributed by atoms with Crippen molar-refractivity contribution in [3.05, 3.63) is 27.9 Å². The summed E-state index contributed by atoms with van der Waals surface area (Å²) in [4.78, 5) is 7.24. The van der Waals surface area contributed by atoms with Crippen LogP contribution < -0.4 is 25.0 Å². The van der Waals surface area contributed by atoms with E-state index in [-0.39, 0.29) is 6.73 Å². The van der Waals surface area contributed by atoms with Gasteiger partial charge in [0.15, 0.2) is 11.5 Å². The minimum atomic E-state index is 0.197. The number of methoxy groups -OCH3 is 2. The second-order valence-electron chi connectivity index (χ2n) is 3.67. The molecular weight excluding hydrogens is 224 g/mol. The Morgan fingerprint density at radius 1 is 1.29 bits per heavy atom. The van der Waals surface area contributed by atoms with Crippen LogP contribution in [0.25, 0.3) is 6.20 Å². The second-order valence-corrected chi connectivity index (χ2v) is 3.67. The van der Waals surface area contributed by atoms with Crippen LogP contribution in [0.3, 0.4) is 0 Å². The minimum absolute atomic E-state index is 0.197. The van der Waals surface area contributed by atoms with Crippen molar-refractivity contribution in [1.29, 1.82) is 0 Å². The van der Waals surface area contributed by atoms with E-state index in [1.54, 1.807) is 24.1 Å². The molecule has 0 bridgehead atoms. The van der Waals surface area contributed by atoms with Gasteiger partial charge in [-0.05, 0) is 6.07 Å². The molecule has 0 N–H and O–H groups in total. The lowest BCUT2D eigenvalue weighted by molar-refractivity contribution is -0.0151. The molecule has 0 atom stereocenters. The average molecular weight is 238 g/mol. The first-order chi connectivity index (χ1) is 8.15. The topological polar surface area (TPSA) is 57.0 Å². The largest absolute Gasteiger partial charge is 0.493 e. The Hall–Kier alpha value is -2.11. The standard InChI is InChI=1S/C11H14N2O4/c1-12-6-8-4-10(15-2)11(16-3)5-9(8)13(14)17-7-12/h4-6H,7H2,1-3H3. The molecule has 2 rings (SSSR count). The van der Waals surface area contributed by atoms with Crippen molar-refractivity contribution in [2.75, 3.05) is 28.0 Å². The number of fused-ring (bicyclic) bond motifs is 1. The highest BCUT2D eigenvalue weighted by Crippen LogP contribution is 2.21. The molecule has 1 aromatic rings. The normalized spacial score (nSPS) is 14.3. The lowest BCUT2D eigenvalue weighted by Crippen LogP contribution is -2.35. The van der Waals surface area contributed by atoms with Gasteiger partial charge in [0.2, 0.25) is 0 Å². The Labute approximate surface area is 98.5 Å². The number of rotatable bonds is 2. The number of benzene rings is 1. The molecule has 17 heavy (non-hydrogen) atoms. The molecule has 0 unspecified atom stereocenters. The molecule has 6 nitrogen and oxygen atoms in total. The van der Waals surface area contributed by atoms with E-state index in [1.165, 1.54) is 7.11 Å². The Morgan fingerprint density at radius 3 is 2.59 bits per heavy atom. The van der Waals surface area contributed by atoms with E-state index in [2.05, 4.69) is 0 Å². The molecule has 0 aliphatic carbocycles. The van der Waals surface area contributed by atoms with Gasteiger partial charge in [-0.2, -0.15) is 0 Å². The van der Waals surface area contributed by atoms with Crippen molar-refractivity contribution < 1.29 is 14.3 Å². The van der Waals surface area contributed by atoms with Crippen molar-refractivity contribution in [2.45, 2.75) is 0 Å². The fourth-order valence-corrected chi connectivity index (χ4v) is 1.63. The first-order valence-electron chi connectivity index (χ1n) is 5.07. The number of nitrogens with zero attached hydrogens (tertiary/aromatic N) is 2. The maximum Gasteiger partial charge on any atom is 0.280 e. The smallest absolute Gasteiger partial charge is 0.280 e. The van der Waals surface area contributed by atoms with Crippen molar-refractivity contribution in [3.8, 4) is 11.5 Å². The molecule has 1 aliphatic rings. The summed E-state index contributed by atoms with van der Waals surface area (Å²) in [6.45, 7) is 0.197. The molecule has 92 valence electrons. The van der Waals surface area contributed by atoms with Gasteiger partial charge in [0.25, 0.3) is 5.36 Å². The minimum Gasteiger partial charge on any atom is -0.493 e. The van der Waals surface area contributed by atoms with Gasteiger partial charge in [0, 0.05) is 18.1 Å². The highest BCUT2D eigenvalue weighted by atomic mass is 16.9. The maximum absolute atomic E-state index is 11.7. The van der Waals surface area contributed by atoms with Gasteiger partial charge >= 0.3 is 0 Å². The zero-order valence-electron chi connectivity index (χ0n) is 9.97. The van der Waals surface area contributed by atoms with Crippen LogP contribution in [0.15, 0.2) is 12.1 Å². The van der Waals surface area contributed by atoms with Crippen molar-refractivity contribution in [1.82, 2.24) is 9.80 Å². The predicted molar refractivity (Wildman–Crippen MR) is 61.6 cm³/mol. The summed E-state index contributed by atoms with van der Waals surface area (Å²) in [6.07, 6.45) is 1.81. The number of hydrogen-bond donors (Lipinski definition) is 0. The summed E-state index contributed by atoms with van der Waals surface area (Å²) in [6, 6.07) is 3.33. The van der Waals surface area contributed by atoms with E-state index in [4.69, 9.17) is 14.3 Å². The van der Waals surface area contributed by atoms with Gasteiger partial charge in [-0.1, -0.05) is 0 Å². The Morgan fingerprint density at radius 2 is 1.94 bits per heavy atom. The third-order valence-corrected chi connectivity index (χ3v) is 2.47. The van der Waals surface area contributed by atoms with Gasteiger partial charge in [-0.3, -0.25) is 5.21 Å². The first kappa shape index (κ1) is 11.4. The van der Waals surface area contributed by atoms with Crippen LogP contribution in [0.2, 0.25) is 0 Å². The van der Waals surface area contributed by atoms with Crippen LogP contribution in [0, 0.1) is 5.21 Å². The molecule has 0 amide bonds. The summed E-state index contributed by atoms with van der Waals surface area (Å²) in [5.41, 5.74) is 0. The van der Waals surface area contributed by atoms with Gasteiger partial charge < -0.3 is 19.2 Å². The summed E-state index contributed by atoms with van der Waals surface area (Å²) in [5, 5.41) is 12.8. The Kier molecular flexibility index (Phi) is 2.95. The zero-order chi connectivity index (χ0) is 12.4. The van der Waals surface area contributed by atoms with E-state index >= 15 is 0 Å². The van der Waals surface area contributed by atoms with E-state index in [1.807, 2.05) is 13.2 Å². The van der Waals surface area contributed by atoms with Crippen LogP contribution in [-0.4, -0.2) is 32.9 Å². The van der Waals surface area contributed by atoms with Crippen molar-refractivity contribution in [2.24, 2.45) is 0 Å². The molecule has 6 heteroatoms. The summed E-state index contributed by atoms with van der Waals surface area (Å²) in [7, 11) is 4.89. The highest BCUT2D eigenvalue weighted by Gasteiger charge is 2.12. The van der Waals surface area contributed by atoms with Crippen LogP contribution in [0.4, 0.5) is 0 Å². The monoisotopic (exact) mass is 238 g/mol. The predicted octanol–water partition coefficient (Wildman–Crippen LogP) is -0.735. The van der Waals surface area contributed by atoms with Crippen molar-refractivity contribution in [3.63, 3.8) is 0 Å². The third kappa shape index (κ3) is 2.06. The fourth-order valence-electron chi connectivity index (χ4n) is 1.63. The van der Waals surface area contributed by atoms with Crippen LogP contribution >= 0.6 is 0 Å². The molecule has 1 aliphatic heterocycles. The molecule has 0 saturated heterocycles. The van der Waals surface area contributed by atoms with E-state index in [0.717, 1.165) is 5.22 Å². The van der Waals surface area contributed by atoms with E-state index in [9.17, 15) is 5.21 Å². The molecule has 0 aromatic heterocycles. The zero-order valence-corrected chi connectivity index (χ0v) is 9.97. The van der Waals surface area contributed by atoms with E-state index < -0.39 is 0 Å². The molecule has 0 radical (unpaired) electrons. The van der Waals surface area contributed by atoms with Crippen LogP contribution in [-0.2, 0) is 4.84 Å². The van der Waals surface area contributed by atoms with Gasteiger partial charge in [-0.25, -0.2) is 0 Å². The highest BCUT2D eigenvalue weighted by molar-refractivity contribution is 5.42. The molecular formula is C11H14N2O4. The maximum atomic E-state index is 11.7. The molecule has 1 heterocycles. The molecule has 0 spiro atoms. The number of hydrogen-bond acceptors (Lipinski definition) is 5. The second kappa shape index (κ2) is 4.40.